The highest BCUT2D eigenvalue weighted by Gasteiger charge is 2.28. The van der Waals surface area contributed by atoms with Crippen LogP contribution in [0.1, 0.15) is 87.6 Å². The minimum absolute atomic E-state index is 0. The van der Waals surface area contributed by atoms with Crippen LogP contribution in [0.4, 0.5) is 17.1 Å². The van der Waals surface area contributed by atoms with E-state index in [1.165, 1.54) is 102 Å². The zero-order chi connectivity index (χ0) is 56.9. The van der Waals surface area contributed by atoms with Crippen molar-refractivity contribution in [2.75, 3.05) is 129 Å². The average Bonchev–Trinajstić information content (AvgIpc) is 3.42. The van der Waals surface area contributed by atoms with Gasteiger partial charge in [-0.25, -0.2) is 21.1 Å². The molecular weight excluding hydrogens is 1050 g/mol. The van der Waals surface area contributed by atoms with E-state index in [1.54, 1.807) is 59.1 Å². The maximum absolute atomic E-state index is 13.2. The SMILES string of the molecule is CCN(CC)CC1CCN(c2ccc(CC(=O)CCN(C)S(=O)(=O)c3c(C)cc(OC)cc3C)cc2)CC1.CCN(CC)CC1CCN(c2ccc(N)cc2)CC1.COc1cc(C)c(S(=O)(=O)N(C)CCOC=O)c(C)c1.Cl. The number of nitrogens with zero attached hydrogens (tertiary/aromatic N) is 6. The van der Waals surface area contributed by atoms with Crippen LogP contribution in [-0.4, -0.2) is 161 Å². The summed E-state index contributed by atoms with van der Waals surface area (Å²) < 4.78 is 68.8. The van der Waals surface area contributed by atoms with Gasteiger partial charge in [-0.05, 0) is 180 Å². The van der Waals surface area contributed by atoms with Crippen molar-refractivity contribution in [1.82, 2.24) is 18.4 Å². The number of rotatable bonds is 25. The van der Waals surface area contributed by atoms with E-state index in [-0.39, 0.29) is 54.1 Å². The molecular formula is C59H92ClN7O9S2. The van der Waals surface area contributed by atoms with Gasteiger partial charge in [0.05, 0.1) is 24.0 Å². The van der Waals surface area contributed by atoms with E-state index in [0.717, 1.165) is 53.6 Å². The fourth-order valence-electron chi connectivity index (χ4n) is 10.2. The molecule has 2 fully saturated rings. The van der Waals surface area contributed by atoms with Crippen LogP contribution >= 0.6 is 12.4 Å². The van der Waals surface area contributed by atoms with Crippen molar-refractivity contribution in [3.8, 4) is 11.5 Å². The maximum Gasteiger partial charge on any atom is 0.293 e. The van der Waals surface area contributed by atoms with E-state index in [9.17, 15) is 26.4 Å². The number of Topliss-reactive ketones (excluding diaryl/α,β-unsaturated/α-hetero) is 1. The molecule has 16 nitrogen and oxygen atoms in total. The second-order valence-corrected chi connectivity index (χ2v) is 24.3. The summed E-state index contributed by atoms with van der Waals surface area (Å²) in [5.41, 5.74) is 12.6. The lowest BCUT2D eigenvalue weighted by Crippen LogP contribution is -2.38. The molecule has 0 aliphatic carbocycles. The average molecular weight is 1140 g/mol. The van der Waals surface area contributed by atoms with Crippen molar-refractivity contribution in [3.63, 3.8) is 0 Å². The van der Waals surface area contributed by atoms with E-state index in [4.69, 9.17) is 15.2 Å². The molecule has 0 bridgehead atoms. The monoisotopic (exact) mass is 1140 g/mol. The van der Waals surface area contributed by atoms with Crippen molar-refractivity contribution >= 4 is 61.8 Å². The summed E-state index contributed by atoms with van der Waals surface area (Å²) in [6.45, 7) is 28.0. The molecule has 78 heavy (non-hydrogen) atoms. The van der Waals surface area contributed by atoms with Crippen LogP contribution < -0.4 is 25.0 Å². The molecule has 0 aromatic heterocycles. The van der Waals surface area contributed by atoms with Gasteiger partial charge in [0.25, 0.3) is 6.47 Å². The number of ketones is 1. The quantitative estimate of drug-likeness (QED) is 0.0378. The Hall–Kier alpha value is -4.95. The molecule has 2 aliphatic heterocycles. The number of hydrogen-bond acceptors (Lipinski definition) is 14. The number of hydrogen-bond donors (Lipinski definition) is 1. The Labute approximate surface area is 475 Å². The fraction of sp³-hybridized carbons (Fsp3) is 0.559. The third-order valence-corrected chi connectivity index (χ3v) is 19.3. The second kappa shape index (κ2) is 33.0. The normalized spacial score (nSPS) is 14.4. The first-order valence-electron chi connectivity index (χ1n) is 27.3. The smallest absolute Gasteiger partial charge is 0.293 e. The van der Waals surface area contributed by atoms with Crippen molar-refractivity contribution < 1.29 is 40.6 Å². The van der Waals surface area contributed by atoms with Crippen molar-refractivity contribution in [3.05, 3.63) is 101 Å². The number of sulfonamides is 2. The van der Waals surface area contributed by atoms with Crippen molar-refractivity contribution in [2.24, 2.45) is 11.8 Å². The van der Waals surface area contributed by atoms with Crippen LogP contribution in [0.5, 0.6) is 11.5 Å². The molecule has 2 saturated heterocycles. The highest BCUT2D eigenvalue weighted by Crippen LogP contribution is 2.30. The van der Waals surface area contributed by atoms with Gasteiger partial charge in [0.1, 0.15) is 23.9 Å². The summed E-state index contributed by atoms with van der Waals surface area (Å²) in [6, 6.07) is 23.3. The van der Waals surface area contributed by atoms with E-state index in [2.05, 4.69) is 76.3 Å². The summed E-state index contributed by atoms with van der Waals surface area (Å²) in [6.07, 6.45) is 5.51. The minimum Gasteiger partial charge on any atom is -0.497 e. The molecule has 436 valence electrons. The Kier molecular flexibility index (Phi) is 28.4. The molecule has 0 spiro atoms. The molecule has 2 heterocycles. The largest absolute Gasteiger partial charge is 0.497 e. The van der Waals surface area contributed by atoms with Gasteiger partial charge in [0, 0.05) is 96.4 Å². The van der Waals surface area contributed by atoms with Gasteiger partial charge in [-0.2, -0.15) is 4.31 Å². The fourth-order valence-corrected chi connectivity index (χ4v) is 13.3. The molecule has 4 aromatic rings. The zero-order valence-corrected chi connectivity index (χ0v) is 51.2. The van der Waals surface area contributed by atoms with E-state index in [0.29, 0.717) is 46.6 Å². The Balaban J connectivity index is 0.000000337. The summed E-state index contributed by atoms with van der Waals surface area (Å²) in [5, 5.41) is 0. The standard InChI is InChI=1S/C30H45N3O4S.C16H27N3.C13H19NO5S.ClH/c1-7-32(8-2)22-26-13-17-33(18-14-26)27-11-9-25(10-12-27)21-28(34)15-16-31(5)38(35,36)30-23(3)19-29(37-6)20-24(30)4;1-3-18(4-2)13-14-9-11-19(12-10-14)16-7-5-15(17)6-8-16;1-10-7-12(18-4)8-11(2)13(10)20(16,17)14(3)5-6-19-9-15;/h9-12,19-20,26H,7-8,13-18,21-22H2,1-6H3;5-8,14H,3-4,9-13,17H2,1-2H3;7-9H,5-6H2,1-4H3;1H. The zero-order valence-electron chi connectivity index (χ0n) is 48.8. The molecule has 0 saturated carbocycles. The number of carbonyl (C=O) groups is 2. The second-order valence-electron chi connectivity index (χ2n) is 20.4. The van der Waals surface area contributed by atoms with Gasteiger partial charge in [0.2, 0.25) is 20.0 Å². The lowest BCUT2D eigenvalue weighted by atomic mass is 9.95. The molecule has 0 amide bonds. The van der Waals surface area contributed by atoms with Gasteiger partial charge >= 0.3 is 0 Å². The van der Waals surface area contributed by atoms with Gasteiger partial charge in [0.15, 0.2) is 0 Å². The molecule has 0 unspecified atom stereocenters. The highest BCUT2D eigenvalue weighted by molar-refractivity contribution is 7.89. The summed E-state index contributed by atoms with van der Waals surface area (Å²) in [7, 11) is -1.25. The molecule has 0 radical (unpaired) electrons. The number of likely N-dealkylation sites (N-methyl/N-ethyl adjacent to an activating group) is 1. The first kappa shape index (κ1) is 67.3. The summed E-state index contributed by atoms with van der Waals surface area (Å²) >= 11 is 0. The summed E-state index contributed by atoms with van der Waals surface area (Å²) in [4.78, 5) is 33.3. The Morgan fingerprint density at radius 3 is 1.32 bits per heavy atom. The summed E-state index contributed by atoms with van der Waals surface area (Å²) in [5.74, 6) is 2.90. The lowest BCUT2D eigenvalue weighted by Gasteiger charge is -2.35. The van der Waals surface area contributed by atoms with E-state index < -0.39 is 20.0 Å². The van der Waals surface area contributed by atoms with Gasteiger partial charge in [-0.15, -0.1) is 12.4 Å². The predicted octanol–water partition coefficient (Wildman–Crippen LogP) is 9.05. The molecule has 0 atom stereocenters. The molecule has 2 aliphatic rings. The molecule has 2 N–H and O–H groups in total. The van der Waals surface area contributed by atoms with E-state index in [1.807, 2.05) is 24.3 Å². The van der Waals surface area contributed by atoms with Crippen LogP contribution in [0, 0.1) is 39.5 Å². The Morgan fingerprint density at radius 2 is 0.974 bits per heavy atom. The first-order chi connectivity index (χ1) is 36.6. The number of anilines is 3. The number of carbonyl (C=O) groups excluding carboxylic acids is 2. The van der Waals surface area contributed by atoms with Crippen LogP contribution in [0.2, 0.25) is 0 Å². The third-order valence-electron chi connectivity index (χ3n) is 15.0. The number of nitrogen functional groups attached to an aromatic ring is 1. The van der Waals surface area contributed by atoms with Gasteiger partial charge in [-0.1, -0.05) is 39.8 Å². The number of methoxy groups -OCH3 is 2. The number of benzene rings is 4. The van der Waals surface area contributed by atoms with Crippen LogP contribution in [0.3, 0.4) is 0 Å². The number of nitrogens with two attached hydrogens (primary N) is 1. The number of piperidine rings is 2. The lowest BCUT2D eigenvalue weighted by molar-refractivity contribution is -0.128. The van der Waals surface area contributed by atoms with Crippen LogP contribution in [-0.2, 0) is 40.8 Å². The van der Waals surface area contributed by atoms with Crippen molar-refractivity contribution in [1.29, 1.82) is 0 Å². The molecule has 6 rings (SSSR count). The first-order valence-corrected chi connectivity index (χ1v) is 30.2. The van der Waals surface area contributed by atoms with Crippen molar-refractivity contribution in [2.45, 2.75) is 104 Å². The topological polar surface area (TPSA) is 176 Å². The highest BCUT2D eigenvalue weighted by atomic mass is 35.5. The Morgan fingerprint density at radius 1 is 0.615 bits per heavy atom. The van der Waals surface area contributed by atoms with Crippen LogP contribution in [0.25, 0.3) is 0 Å². The van der Waals surface area contributed by atoms with E-state index >= 15 is 0 Å². The van der Waals surface area contributed by atoms with Gasteiger partial charge in [-0.3, -0.25) is 9.59 Å². The third kappa shape index (κ3) is 19.7. The number of ether oxygens (including phenoxy) is 3. The maximum atomic E-state index is 13.2. The minimum atomic E-state index is -3.71. The molecule has 4 aromatic carbocycles. The number of aryl methyl sites for hydroxylation is 4. The number of halogens is 1. The predicted molar refractivity (Wildman–Crippen MR) is 320 cm³/mol. The van der Waals surface area contributed by atoms with Gasteiger partial charge < -0.3 is 39.5 Å². The molecule has 19 heteroatoms. The van der Waals surface area contributed by atoms with Crippen LogP contribution in [0.15, 0.2) is 82.6 Å². The Bertz CT molecular complexity index is 2630.